The van der Waals surface area contributed by atoms with E-state index in [0.717, 1.165) is 36.1 Å². The number of fused-ring (bicyclic) bond motifs is 1. The molecule has 0 saturated carbocycles. The summed E-state index contributed by atoms with van der Waals surface area (Å²) in [5.74, 6) is 0.721. The Morgan fingerprint density at radius 1 is 1.10 bits per heavy atom. The van der Waals surface area contributed by atoms with Crippen molar-refractivity contribution in [3.05, 3.63) is 47.8 Å². The van der Waals surface area contributed by atoms with Gasteiger partial charge >= 0.3 is 0 Å². The van der Waals surface area contributed by atoms with Crippen LogP contribution in [0.25, 0.3) is 11.1 Å². The van der Waals surface area contributed by atoms with Gasteiger partial charge in [0.15, 0.2) is 5.75 Å². The number of hydrogen-bond donors (Lipinski definition) is 0. The van der Waals surface area contributed by atoms with E-state index in [2.05, 4.69) is 11.1 Å². The molecular formula is C17H18N2O. The topological polar surface area (TPSA) is 45.9 Å². The molecule has 1 aromatic carbocycles. The second-order valence-corrected chi connectivity index (χ2v) is 4.36. The normalized spacial score (nSPS) is 11.8. The molecule has 3 nitrogen and oxygen atoms in total. The molecule has 1 aliphatic carbocycles. The predicted octanol–water partition coefficient (Wildman–Crippen LogP) is 4.12. The van der Waals surface area contributed by atoms with E-state index in [1.54, 1.807) is 12.4 Å². The highest BCUT2D eigenvalue weighted by molar-refractivity contribution is 5.73. The summed E-state index contributed by atoms with van der Waals surface area (Å²) in [5, 5.41) is 8.84. The SMILES string of the molecule is CC.N#COc1c(-c2ccncc2)ccc2c1CCC2. The van der Waals surface area contributed by atoms with Crippen molar-refractivity contribution in [1.29, 1.82) is 5.26 Å². The van der Waals surface area contributed by atoms with E-state index in [-0.39, 0.29) is 0 Å². The third kappa shape index (κ3) is 2.65. The first kappa shape index (κ1) is 14.1. The number of nitrogens with zero attached hydrogens (tertiary/aromatic N) is 2. The number of nitriles is 1. The molecule has 0 unspecified atom stereocenters. The van der Waals surface area contributed by atoms with E-state index in [4.69, 9.17) is 10.00 Å². The molecule has 1 aromatic heterocycles. The molecule has 1 aliphatic rings. The third-order valence-electron chi connectivity index (χ3n) is 3.37. The maximum atomic E-state index is 8.84. The van der Waals surface area contributed by atoms with E-state index in [9.17, 15) is 0 Å². The summed E-state index contributed by atoms with van der Waals surface area (Å²) in [6, 6.07) is 8.04. The molecule has 0 atom stereocenters. The Morgan fingerprint density at radius 2 is 1.85 bits per heavy atom. The van der Waals surface area contributed by atoms with Crippen molar-refractivity contribution >= 4 is 0 Å². The summed E-state index contributed by atoms with van der Waals surface area (Å²) < 4.78 is 5.22. The van der Waals surface area contributed by atoms with Crippen molar-refractivity contribution in [1.82, 2.24) is 4.98 Å². The fraction of sp³-hybridized carbons (Fsp3) is 0.294. The van der Waals surface area contributed by atoms with Crippen molar-refractivity contribution in [3.63, 3.8) is 0 Å². The minimum absolute atomic E-state index is 0.721. The maximum Gasteiger partial charge on any atom is 0.292 e. The summed E-state index contributed by atoms with van der Waals surface area (Å²) in [5.41, 5.74) is 4.49. The summed E-state index contributed by atoms with van der Waals surface area (Å²) in [6.45, 7) is 4.00. The Hall–Kier alpha value is -2.34. The smallest absolute Gasteiger partial charge is 0.292 e. The quantitative estimate of drug-likeness (QED) is 0.768. The second kappa shape index (κ2) is 6.72. The van der Waals surface area contributed by atoms with Crippen molar-refractivity contribution in [2.75, 3.05) is 0 Å². The van der Waals surface area contributed by atoms with Crippen molar-refractivity contribution in [2.45, 2.75) is 33.1 Å². The largest absolute Gasteiger partial charge is 0.387 e. The predicted molar refractivity (Wildman–Crippen MR) is 79.3 cm³/mol. The summed E-state index contributed by atoms with van der Waals surface area (Å²) in [6.07, 6.45) is 8.51. The molecule has 0 amide bonds. The van der Waals surface area contributed by atoms with Gasteiger partial charge in [0.25, 0.3) is 6.26 Å². The van der Waals surface area contributed by atoms with Gasteiger partial charge in [-0.25, -0.2) is 0 Å². The van der Waals surface area contributed by atoms with E-state index < -0.39 is 0 Å². The van der Waals surface area contributed by atoms with Crippen LogP contribution in [-0.2, 0) is 12.8 Å². The summed E-state index contributed by atoms with van der Waals surface area (Å²) in [4.78, 5) is 4.01. The van der Waals surface area contributed by atoms with Gasteiger partial charge in [-0.15, -0.1) is 5.26 Å². The molecule has 3 heteroatoms. The number of aromatic nitrogens is 1. The molecule has 0 aliphatic heterocycles. The Morgan fingerprint density at radius 3 is 2.55 bits per heavy atom. The van der Waals surface area contributed by atoms with E-state index in [0.29, 0.717) is 0 Å². The van der Waals surface area contributed by atoms with Crippen LogP contribution >= 0.6 is 0 Å². The zero-order chi connectivity index (χ0) is 14.4. The first-order valence-electron chi connectivity index (χ1n) is 7.01. The molecule has 1 heterocycles. The zero-order valence-corrected chi connectivity index (χ0v) is 11.9. The molecule has 20 heavy (non-hydrogen) atoms. The van der Waals surface area contributed by atoms with Crippen LogP contribution in [0.1, 0.15) is 31.4 Å². The molecule has 0 fully saturated rings. The second-order valence-electron chi connectivity index (χ2n) is 4.36. The number of ether oxygens (including phenoxy) is 1. The van der Waals surface area contributed by atoms with E-state index in [1.165, 1.54) is 11.1 Å². The Labute approximate surface area is 119 Å². The van der Waals surface area contributed by atoms with Gasteiger partial charge in [0.05, 0.1) is 0 Å². The molecule has 0 radical (unpaired) electrons. The van der Waals surface area contributed by atoms with Crippen molar-refractivity contribution in [2.24, 2.45) is 0 Å². The summed E-state index contributed by atoms with van der Waals surface area (Å²) >= 11 is 0. The lowest BCUT2D eigenvalue weighted by Gasteiger charge is -2.11. The van der Waals surface area contributed by atoms with Crippen LogP contribution < -0.4 is 4.74 Å². The van der Waals surface area contributed by atoms with Gasteiger partial charge in [-0.2, -0.15) is 0 Å². The number of hydrogen-bond acceptors (Lipinski definition) is 3. The highest BCUT2D eigenvalue weighted by atomic mass is 16.5. The molecule has 3 rings (SSSR count). The van der Waals surface area contributed by atoms with Gasteiger partial charge in [0, 0.05) is 18.0 Å². The fourth-order valence-corrected chi connectivity index (χ4v) is 2.55. The minimum atomic E-state index is 0.721. The summed E-state index contributed by atoms with van der Waals surface area (Å²) in [7, 11) is 0. The van der Waals surface area contributed by atoms with Crippen LogP contribution in [0.2, 0.25) is 0 Å². The highest BCUT2D eigenvalue weighted by Gasteiger charge is 2.20. The molecule has 0 N–H and O–H groups in total. The van der Waals surface area contributed by atoms with Crippen LogP contribution in [0.15, 0.2) is 36.7 Å². The highest BCUT2D eigenvalue weighted by Crippen LogP contribution is 2.38. The molecule has 0 spiro atoms. The standard InChI is InChI=1S/C15H12N2O.C2H6/c16-10-18-15-13-3-1-2-11(13)4-5-14(15)12-6-8-17-9-7-12;1-2/h4-9H,1-3H2;1-2H3. The van der Waals surface area contributed by atoms with Crippen LogP contribution in [0.3, 0.4) is 0 Å². The van der Waals surface area contributed by atoms with Crippen LogP contribution in [0.4, 0.5) is 0 Å². The first-order chi connectivity index (χ1) is 9.90. The van der Waals surface area contributed by atoms with Gasteiger partial charge in [0.1, 0.15) is 0 Å². The molecular weight excluding hydrogens is 248 g/mol. The lowest BCUT2D eigenvalue weighted by Crippen LogP contribution is -1.94. The molecule has 0 saturated heterocycles. The fourth-order valence-electron chi connectivity index (χ4n) is 2.55. The average Bonchev–Trinajstić information content (AvgIpc) is 3.00. The minimum Gasteiger partial charge on any atom is -0.387 e. The third-order valence-corrected chi connectivity index (χ3v) is 3.37. The Balaban J connectivity index is 0.000000704. The molecule has 2 aromatic rings. The van der Waals surface area contributed by atoms with Gasteiger partial charge < -0.3 is 4.74 Å². The first-order valence-corrected chi connectivity index (χ1v) is 7.01. The van der Waals surface area contributed by atoms with Crippen LogP contribution in [-0.4, -0.2) is 4.98 Å². The lowest BCUT2D eigenvalue weighted by molar-refractivity contribution is 0.503. The van der Waals surface area contributed by atoms with Gasteiger partial charge in [-0.1, -0.05) is 26.0 Å². The number of benzene rings is 1. The number of rotatable bonds is 2. The van der Waals surface area contributed by atoms with Gasteiger partial charge in [-0.05, 0) is 48.1 Å². The van der Waals surface area contributed by atoms with Crippen LogP contribution in [0.5, 0.6) is 5.75 Å². The molecule has 0 bridgehead atoms. The number of aryl methyl sites for hydroxylation is 1. The Kier molecular flexibility index (Phi) is 4.73. The average molecular weight is 266 g/mol. The van der Waals surface area contributed by atoms with E-state index in [1.807, 2.05) is 38.3 Å². The Bertz CT molecular complexity index is 615. The number of pyridine rings is 1. The van der Waals surface area contributed by atoms with Crippen molar-refractivity contribution in [3.8, 4) is 23.1 Å². The van der Waals surface area contributed by atoms with Crippen molar-refractivity contribution < 1.29 is 4.74 Å². The maximum absolute atomic E-state index is 8.84. The molecule has 102 valence electrons. The van der Waals surface area contributed by atoms with Crippen LogP contribution in [0, 0.1) is 11.5 Å². The monoisotopic (exact) mass is 266 g/mol. The lowest BCUT2D eigenvalue weighted by atomic mass is 9.99. The van der Waals surface area contributed by atoms with Gasteiger partial charge in [-0.3, -0.25) is 4.98 Å². The zero-order valence-electron chi connectivity index (χ0n) is 11.9. The van der Waals surface area contributed by atoms with E-state index >= 15 is 0 Å². The van der Waals surface area contributed by atoms with Gasteiger partial charge in [0.2, 0.25) is 0 Å².